The molecule has 53 heavy (non-hydrogen) atoms. The van der Waals surface area contributed by atoms with Gasteiger partial charge in [-0.15, -0.1) is 0 Å². The van der Waals surface area contributed by atoms with Gasteiger partial charge in [0.25, 0.3) is 0 Å². The Balaban J connectivity index is 0.954. The first-order valence-corrected chi connectivity index (χ1v) is 18.5. The van der Waals surface area contributed by atoms with Gasteiger partial charge >= 0.3 is 6.03 Å². The number of aromatic nitrogens is 5. The Morgan fingerprint density at radius 1 is 0.774 bits per heavy atom. The first-order valence-electron chi connectivity index (χ1n) is 17.5. The largest absolute Gasteiger partial charge is 0.356 e. The summed E-state index contributed by atoms with van der Waals surface area (Å²) in [5.41, 5.74) is 2.99. The predicted octanol–water partition coefficient (Wildman–Crippen LogP) is 3.11. The highest BCUT2D eigenvalue weighted by Gasteiger charge is 2.43. The minimum absolute atomic E-state index is 0.00889. The molecule has 6 rings (SSSR count). The highest BCUT2D eigenvalue weighted by atomic mass is 32.2. The molecule has 0 bridgehead atoms. The molecule has 17 heteroatoms. The number of nitrogens with one attached hydrogen (secondary N) is 7. The maximum absolute atomic E-state index is 12.9. The summed E-state index contributed by atoms with van der Waals surface area (Å²) < 4.78 is 0. The van der Waals surface area contributed by atoms with Crippen LogP contribution in [-0.2, 0) is 14.4 Å². The van der Waals surface area contributed by atoms with Crippen molar-refractivity contribution in [3.8, 4) is 22.5 Å². The van der Waals surface area contributed by atoms with Crippen molar-refractivity contribution in [3.63, 3.8) is 0 Å². The van der Waals surface area contributed by atoms with Crippen molar-refractivity contribution in [3.05, 3.63) is 72.6 Å². The molecule has 2 saturated heterocycles. The molecule has 2 fully saturated rings. The van der Waals surface area contributed by atoms with Crippen molar-refractivity contribution in [1.82, 2.24) is 46.2 Å². The smallest absolute Gasteiger partial charge is 0.315 e. The summed E-state index contributed by atoms with van der Waals surface area (Å²) in [5.74, 6) is 0.919. The third-order valence-electron chi connectivity index (χ3n) is 8.42. The molecule has 2 aliphatic rings. The molecule has 0 saturated carbocycles. The summed E-state index contributed by atoms with van der Waals surface area (Å²) in [6.07, 6.45) is 0.523. The number of rotatable bonds is 16. The average Bonchev–Trinajstić information content (AvgIpc) is 3.71. The minimum atomic E-state index is -0.567. The fourth-order valence-corrected chi connectivity index (χ4v) is 7.24. The van der Waals surface area contributed by atoms with Crippen LogP contribution < -0.4 is 37.2 Å². The van der Waals surface area contributed by atoms with Crippen molar-refractivity contribution in [2.45, 2.75) is 56.4 Å². The van der Waals surface area contributed by atoms with Gasteiger partial charge in [0.1, 0.15) is 12.2 Å². The van der Waals surface area contributed by atoms with E-state index in [2.05, 4.69) is 62.1 Å². The van der Waals surface area contributed by atoms with E-state index in [0.717, 1.165) is 16.9 Å². The van der Waals surface area contributed by atoms with E-state index in [1.807, 2.05) is 80.6 Å². The summed E-state index contributed by atoms with van der Waals surface area (Å²) >= 11 is 1.70. The quantitative estimate of drug-likeness (QED) is 0.0382. The number of carbonyl (C=O) groups excluding carboxylic acids is 4. The number of urea groups is 1. The Morgan fingerprint density at radius 2 is 1.43 bits per heavy atom. The Kier molecular flexibility index (Phi) is 12.3. The number of hydrogen-bond acceptors (Lipinski definition) is 12. The van der Waals surface area contributed by atoms with Crippen LogP contribution in [-0.4, -0.2) is 91.5 Å². The number of carbonyl (C=O) groups is 4. The van der Waals surface area contributed by atoms with Gasteiger partial charge in [-0.05, 0) is 12.5 Å². The Morgan fingerprint density at radius 3 is 2.09 bits per heavy atom. The lowest BCUT2D eigenvalue weighted by Gasteiger charge is -2.16. The minimum Gasteiger partial charge on any atom is -0.356 e. The molecule has 4 heterocycles. The number of nitrogens with zero attached hydrogens (tertiary/aromatic N) is 5. The molecule has 0 spiro atoms. The van der Waals surface area contributed by atoms with E-state index >= 15 is 0 Å². The zero-order valence-electron chi connectivity index (χ0n) is 29.4. The average molecular weight is 739 g/mol. The summed E-state index contributed by atoms with van der Waals surface area (Å²) in [4.78, 5) is 72.1. The van der Waals surface area contributed by atoms with Crippen LogP contribution in [0.25, 0.3) is 22.5 Å². The lowest BCUT2D eigenvalue weighted by atomic mass is 10.1. The number of hydrogen-bond donors (Lipinski definition) is 7. The molecule has 2 aliphatic heterocycles. The monoisotopic (exact) mass is 738 g/mol. The van der Waals surface area contributed by atoms with Crippen molar-refractivity contribution in [2.75, 3.05) is 41.5 Å². The molecule has 7 N–H and O–H groups in total. The normalized spacial score (nSPS) is 17.3. The van der Waals surface area contributed by atoms with Crippen molar-refractivity contribution < 1.29 is 19.2 Å². The molecular formula is C36H42N12O4S. The van der Waals surface area contributed by atoms with Crippen LogP contribution in [0.3, 0.4) is 0 Å². The summed E-state index contributed by atoms with van der Waals surface area (Å²) in [7, 11) is 0. The van der Waals surface area contributed by atoms with E-state index in [0.29, 0.717) is 49.1 Å². The third kappa shape index (κ3) is 10.4. The van der Waals surface area contributed by atoms with Gasteiger partial charge in [-0.25, -0.2) is 14.8 Å². The second-order valence-electron chi connectivity index (χ2n) is 12.8. The van der Waals surface area contributed by atoms with Crippen molar-refractivity contribution in [1.29, 1.82) is 0 Å². The standard InChI is InChI=1S/C36H42N12O4S/c1-21(2)32-46-33(38-15-9-14-37-28(49)17-27-31-26(19-53-27)43-36(52)45-31)48-34(47-32)40-20-39-29(50)18-30(51)44-35-41-24(22-10-5-3-6-11-22)16-25(42-35)23-12-7-4-8-13-23/h3-8,10-13,16,21,26-27,31H,9,14-15,17-20H2,1-2H3,(H,37,49)(H,39,50)(H2,43,45,52)(H,41,42,44,51)(H2,38,40,46,47,48)/t26?,27-,31?/m0/s1. The van der Waals surface area contributed by atoms with Gasteiger partial charge < -0.3 is 31.9 Å². The molecule has 16 nitrogen and oxygen atoms in total. The van der Waals surface area contributed by atoms with Gasteiger partial charge in [0, 0.05) is 47.6 Å². The summed E-state index contributed by atoms with van der Waals surface area (Å²) in [6, 6.07) is 20.9. The van der Waals surface area contributed by atoms with Gasteiger partial charge in [0.05, 0.1) is 30.1 Å². The lowest BCUT2D eigenvalue weighted by Crippen LogP contribution is -2.39. The maximum atomic E-state index is 12.9. The molecule has 3 atom stereocenters. The molecule has 5 amide bonds. The number of amides is 5. The van der Waals surface area contributed by atoms with E-state index in [9.17, 15) is 19.2 Å². The van der Waals surface area contributed by atoms with E-state index < -0.39 is 18.2 Å². The van der Waals surface area contributed by atoms with Gasteiger partial charge in [0.15, 0.2) is 0 Å². The zero-order chi connectivity index (χ0) is 37.2. The second kappa shape index (κ2) is 17.6. The van der Waals surface area contributed by atoms with E-state index in [1.165, 1.54) is 0 Å². The molecule has 0 aliphatic carbocycles. The first-order chi connectivity index (χ1) is 25.7. The van der Waals surface area contributed by atoms with Crippen LogP contribution in [0.4, 0.5) is 22.6 Å². The lowest BCUT2D eigenvalue weighted by molar-refractivity contribution is -0.126. The van der Waals surface area contributed by atoms with Crippen molar-refractivity contribution in [2.24, 2.45) is 0 Å². The molecule has 2 unspecified atom stereocenters. The van der Waals surface area contributed by atoms with Crippen LogP contribution in [0.2, 0.25) is 0 Å². The van der Waals surface area contributed by atoms with Crippen LogP contribution >= 0.6 is 11.8 Å². The number of fused-ring (bicyclic) bond motifs is 1. The van der Waals surface area contributed by atoms with E-state index in [-0.39, 0.29) is 53.8 Å². The Hall–Kier alpha value is -5.84. The van der Waals surface area contributed by atoms with Gasteiger partial charge in [-0.1, -0.05) is 74.5 Å². The van der Waals surface area contributed by atoms with Crippen LogP contribution in [0.15, 0.2) is 66.7 Å². The van der Waals surface area contributed by atoms with Gasteiger partial charge in [0.2, 0.25) is 35.6 Å². The second-order valence-corrected chi connectivity index (χ2v) is 14.1. The summed E-state index contributed by atoms with van der Waals surface area (Å²) in [5, 5.41) is 20.3. The van der Waals surface area contributed by atoms with Crippen molar-refractivity contribution >= 4 is 53.4 Å². The SMILES string of the molecule is CC(C)c1nc(NCCCNC(=O)C[C@@H]2SCC3NC(=O)NC32)nc(NCNC(=O)CC(=O)Nc2nc(-c3ccccc3)cc(-c3ccccc3)n2)n1. The third-order valence-corrected chi connectivity index (χ3v) is 9.86. The highest BCUT2D eigenvalue weighted by Crippen LogP contribution is 2.32. The molecule has 2 aromatic carbocycles. The Labute approximate surface area is 311 Å². The number of thioether (sulfide) groups is 1. The van der Waals surface area contributed by atoms with Gasteiger partial charge in [-0.3, -0.25) is 19.7 Å². The molecule has 276 valence electrons. The summed E-state index contributed by atoms with van der Waals surface area (Å²) in [6.45, 7) is 4.85. The number of anilines is 3. The van der Waals surface area contributed by atoms with Crippen LogP contribution in [0, 0.1) is 0 Å². The van der Waals surface area contributed by atoms with E-state index in [1.54, 1.807) is 11.8 Å². The topological polar surface area (TPSA) is 217 Å². The fourth-order valence-electron chi connectivity index (χ4n) is 5.76. The highest BCUT2D eigenvalue weighted by molar-refractivity contribution is 8.00. The Bertz CT molecular complexity index is 1860. The number of benzene rings is 2. The van der Waals surface area contributed by atoms with Crippen LogP contribution in [0.5, 0.6) is 0 Å². The zero-order valence-corrected chi connectivity index (χ0v) is 30.2. The van der Waals surface area contributed by atoms with Crippen LogP contribution in [0.1, 0.15) is 44.9 Å². The first kappa shape index (κ1) is 36.9. The molecule has 4 aromatic rings. The van der Waals surface area contributed by atoms with Gasteiger partial charge in [-0.2, -0.15) is 26.7 Å². The predicted molar refractivity (Wildman–Crippen MR) is 203 cm³/mol. The fraction of sp³-hybridized carbons (Fsp3) is 0.361. The molecular weight excluding hydrogens is 697 g/mol. The molecule has 0 radical (unpaired) electrons. The maximum Gasteiger partial charge on any atom is 0.315 e. The molecule has 2 aromatic heterocycles. The van der Waals surface area contributed by atoms with E-state index in [4.69, 9.17) is 0 Å².